The zero-order chi connectivity index (χ0) is 26.9. The summed E-state index contributed by atoms with van der Waals surface area (Å²) in [5, 5.41) is 6.94. The van der Waals surface area contributed by atoms with E-state index in [1.54, 1.807) is 16.7 Å². The van der Waals surface area contributed by atoms with Crippen molar-refractivity contribution < 1.29 is 9.59 Å². The van der Waals surface area contributed by atoms with Gasteiger partial charge in [-0.3, -0.25) is 14.5 Å². The first-order valence-electron chi connectivity index (χ1n) is 14.7. The first-order valence-corrected chi connectivity index (χ1v) is 16.2. The van der Waals surface area contributed by atoms with E-state index in [1.165, 1.54) is 37.7 Å². The first kappa shape index (κ1) is 29.3. The molecule has 0 bridgehead atoms. The van der Waals surface area contributed by atoms with Gasteiger partial charge in [0.1, 0.15) is 6.04 Å². The second-order valence-electron chi connectivity index (χ2n) is 11.7. The Morgan fingerprint density at radius 1 is 1.05 bits per heavy atom. The summed E-state index contributed by atoms with van der Waals surface area (Å²) in [5.74, 6) is 1.86. The van der Waals surface area contributed by atoms with Gasteiger partial charge in [0.05, 0.1) is 16.9 Å². The van der Waals surface area contributed by atoms with E-state index >= 15 is 0 Å². The maximum Gasteiger partial charge on any atom is 0.244 e. The maximum atomic E-state index is 13.4. The standard InChI is InChI=1S/C30H46N4O2S2/c1-22(2)30(36)34-21-38-20-27(34)28(35)32-26(14-13-23-9-5-3-6-10-23)29(37)31-25-15-17-33(18-16-25)19-24-11-7-4-8-12-24/h4,7-8,11-12,22-23,25-27H,3,5-6,9-10,13-21H2,1-2H3,(H,31,37)(H,32,35)/t26-,27+/m1/s1. The van der Waals surface area contributed by atoms with E-state index in [4.69, 9.17) is 12.2 Å². The van der Waals surface area contributed by atoms with Gasteiger partial charge in [0.15, 0.2) is 0 Å². The Bertz CT molecular complexity index is 914. The third-order valence-electron chi connectivity index (χ3n) is 8.37. The average Bonchev–Trinajstić information content (AvgIpc) is 3.43. The smallest absolute Gasteiger partial charge is 0.244 e. The quantitative estimate of drug-likeness (QED) is 0.396. The fraction of sp³-hybridized carbons (Fsp3) is 0.700. The Morgan fingerprint density at radius 3 is 2.45 bits per heavy atom. The Balaban J connectivity index is 1.33. The van der Waals surface area contributed by atoms with Crippen LogP contribution in [0.3, 0.4) is 0 Å². The lowest BCUT2D eigenvalue weighted by atomic mass is 9.85. The molecule has 210 valence electrons. The van der Waals surface area contributed by atoms with Crippen molar-refractivity contribution in [2.45, 2.75) is 96.3 Å². The molecule has 4 rings (SSSR count). The third kappa shape index (κ3) is 8.43. The predicted molar refractivity (Wildman–Crippen MR) is 161 cm³/mol. The highest BCUT2D eigenvalue weighted by molar-refractivity contribution is 7.99. The molecule has 38 heavy (non-hydrogen) atoms. The zero-order valence-electron chi connectivity index (χ0n) is 23.2. The van der Waals surface area contributed by atoms with Crippen molar-refractivity contribution in [3.8, 4) is 0 Å². The number of piperidine rings is 1. The predicted octanol–water partition coefficient (Wildman–Crippen LogP) is 4.97. The molecule has 2 atom stereocenters. The number of likely N-dealkylation sites (tertiary alicyclic amines) is 1. The minimum absolute atomic E-state index is 0.0527. The Morgan fingerprint density at radius 2 is 1.76 bits per heavy atom. The normalized spacial score (nSPS) is 22.4. The van der Waals surface area contributed by atoms with Gasteiger partial charge in [-0.25, -0.2) is 0 Å². The van der Waals surface area contributed by atoms with Gasteiger partial charge in [-0.15, -0.1) is 11.8 Å². The number of hydrogen-bond donors (Lipinski definition) is 2. The highest BCUT2D eigenvalue weighted by atomic mass is 32.2. The van der Waals surface area contributed by atoms with Crippen molar-refractivity contribution in [1.29, 1.82) is 0 Å². The van der Waals surface area contributed by atoms with E-state index < -0.39 is 6.04 Å². The summed E-state index contributed by atoms with van der Waals surface area (Å²) < 4.78 is 0. The maximum absolute atomic E-state index is 13.4. The average molecular weight is 559 g/mol. The lowest BCUT2D eigenvalue weighted by Crippen LogP contribution is -2.55. The van der Waals surface area contributed by atoms with Crippen molar-refractivity contribution >= 4 is 40.8 Å². The molecule has 6 nitrogen and oxygen atoms in total. The fourth-order valence-corrected chi connectivity index (χ4v) is 7.51. The summed E-state index contributed by atoms with van der Waals surface area (Å²) in [6.07, 6.45) is 10.6. The molecule has 1 aromatic carbocycles. The molecule has 2 saturated heterocycles. The van der Waals surface area contributed by atoms with E-state index in [9.17, 15) is 9.59 Å². The Labute approximate surface area is 239 Å². The SMILES string of the molecule is CC(C)C(=O)N1CSC[C@H]1C(=O)N[C@H](CCC1CCCCC1)C(=S)NC1CCN(Cc2ccccc2)CC1. The van der Waals surface area contributed by atoms with Crippen LogP contribution in [0.5, 0.6) is 0 Å². The van der Waals surface area contributed by atoms with Gasteiger partial charge in [0.2, 0.25) is 11.8 Å². The number of carbonyl (C=O) groups excluding carboxylic acids is 2. The molecule has 0 spiro atoms. The first-order chi connectivity index (χ1) is 18.4. The van der Waals surface area contributed by atoms with Gasteiger partial charge < -0.3 is 15.5 Å². The summed E-state index contributed by atoms with van der Waals surface area (Å²) in [7, 11) is 0. The largest absolute Gasteiger partial charge is 0.375 e. The number of carbonyl (C=O) groups is 2. The number of amides is 2. The van der Waals surface area contributed by atoms with Crippen molar-refractivity contribution in [2.75, 3.05) is 24.7 Å². The molecule has 1 aliphatic carbocycles. The Kier molecular flexibility index (Phi) is 11.3. The fourth-order valence-electron chi connectivity index (χ4n) is 6.00. The number of benzene rings is 1. The molecule has 2 amide bonds. The minimum atomic E-state index is -0.406. The van der Waals surface area contributed by atoms with Crippen molar-refractivity contribution in [3.05, 3.63) is 35.9 Å². The van der Waals surface area contributed by atoms with Crippen molar-refractivity contribution in [2.24, 2.45) is 11.8 Å². The molecule has 3 fully saturated rings. The second-order valence-corrected chi connectivity index (χ2v) is 13.1. The number of rotatable bonds is 10. The van der Waals surface area contributed by atoms with Gasteiger partial charge in [-0.2, -0.15) is 0 Å². The summed E-state index contributed by atoms with van der Waals surface area (Å²) in [5.41, 5.74) is 1.36. The lowest BCUT2D eigenvalue weighted by Gasteiger charge is -2.35. The van der Waals surface area contributed by atoms with Crippen LogP contribution in [0.2, 0.25) is 0 Å². The van der Waals surface area contributed by atoms with Crippen LogP contribution in [0.1, 0.15) is 77.2 Å². The van der Waals surface area contributed by atoms with E-state index in [-0.39, 0.29) is 23.8 Å². The van der Waals surface area contributed by atoms with Crippen LogP contribution in [0.4, 0.5) is 0 Å². The van der Waals surface area contributed by atoms with Crippen molar-refractivity contribution in [1.82, 2.24) is 20.4 Å². The molecule has 0 aromatic heterocycles. The third-order valence-corrected chi connectivity index (χ3v) is 9.78. The minimum Gasteiger partial charge on any atom is -0.375 e. The molecular formula is C30H46N4O2S2. The number of thiocarbonyl (C=S) groups is 1. The van der Waals surface area contributed by atoms with Crippen LogP contribution in [-0.4, -0.2) is 69.4 Å². The van der Waals surface area contributed by atoms with Gasteiger partial charge in [0, 0.05) is 37.3 Å². The van der Waals surface area contributed by atoms with E-state index in [2.05, 4.69) is 45.9 Å². The van der Waals surface area contributed by atoms with Crippen LogP contribution >= 0.6 is 24.0 Å². The molecule has 0 radical (unpaired) electrons. The van der Waals surface area contributed by atoms with Gasteiger partial charge in [-0.1, -0.05) is 88.5 Å². The molecule has 1 saturated carbocycles. The lowest BCUT2D eigenvalue weighted by molar-refractivity contribution is -0.140. The number of nitrogens with zero attached hydrogens (tertiary/aromatic N) is 2. The Hall–Kier alpha value is -1.64. The molecule has 8 heteroatoms. The van der Waals surface area contributed by atoms with E-state index in [0.717, 1.165) is 56.2 Å². The van der Waals surface area contributed by atoms with E-state index in [1.807, 2.05) is 13.8 Å². The summed E-state index contributed by atoms with van der Waals surface area (Å²) in [6.45, 7) is 6.87. The highest BCUT2D eigenvalue weighted by Crippen LogP contribution is 2.28. The topological polar surface area (TPSA) is 64.7 Å². The molecule has 2 heterocycles. The molecule has 2 aliphatic heterocycles. The van der Waals surface area contributed by atoms with Gasteiger partial charge >= 0.3 is 0 Å². The number of hydrogen-bond acceptors (Lipinski definition) is 5. The van der Waals surface area contributed by atoms with Crippen LogP contribution in [-0.2, 0) is 16.1 Å². The molecule has 1 aromatic rings. The summed E-state index contributed by atoms with van der Waals surface area (Å²) >= 11 is 7.60. The van der Waals surface area contributed by atoms with Crippen LogP contribution in [0.25, 0.3) is 0 Å². The molecular weight excluding hydrogens is 512 g/mol. The van der Waals surface area contributed by atoms with E-state index in [0.29, 0.717) is 17.7 Å². The van der Waals surface area contributed by atoms with Crippen molar-refractivity contribution in [3.63, 3.8) is 0 Å². The molecule has 2 N–H and O–H groups in total. The second kappa shape index (κ2) is 14.7. The summed E-state index contributed by atoms with van der Waals surface area (Å²) in [4.78, 5) is 31.2. The monoisotopic (exact) mass is 558 g/mol. The number of nitrogens with one attached hydrogen (secondary N) is 2. The zero-order valence-corrected chi connectivity index (χ0v) is 24.8. The van der Waals surface area contributed by atoms with Gasteiger partial charge in [0.25, 0.3) is 0 Å². The van der Waals surface area contributed by atoms with Crippen LogP contribution in [0, 0.1) is 11.8 Å². The molecule has 3 aliphatic rings. The van der Waals surface area contributed by atoms with Crippen LogP contribution in [0.15, 0.2) is 30.3 Å². The van der Waals surface area contributed by atoms with Gasteiger partial charge in [-0.05, 0) is 37.2 Å². The van der Waals surface area contributed by atoms with Crippen LogP contribution < -0.4 is 10.6 Å². The number of thioether (sulfide) groups is 1. The molecule has 0 unspecified atom stereocenters. The summed E-state index contributed by atoms with van der Waals surface area (Å²) in [6, 6.07) is 10.4. The highest BCUT2D eigenvalue weighted by Gasteiger charge is 2.37.